The van der Waals surface area contributed by atoms with Gasteiger partial charge < -0.3 is 5.32 Å². The SMILES string of the molecule is CNC(CN1CC2CCCCN2CC1C)c1ccccc1. The molecule has 116 valence electrons. The number of rotatable bonds is 4. The molecule has 2 aliphatic heterocycles. The Balaban J connectivity index is 1.65. The van der Waals surface area contributed by atoms with Crippen molar-refractivity contribution in [3.8, 4) is 0 Å². The Kier molecular flexibility index (Phi) is 4.94. The minimum atomic E-state index is 0.434. The number of nitrogens with one attached hydrogen (secondary N) is 1. The number of fused-ring (bicyclic) bond motifs is 1. The van der Waals surface area contributed by atoms with Crippen molar-refractivity contribution in [3.05, 3.63) is 35.9 Å². The first-order valence-corrected chi connectivity index (χ1v) is 8.48. The van der Waals surface area contributed by atoms with E-state index in [1.807, 2.05) is 0 Å². The fraction of sp³-hybridized carbons (Fsp3) is 0.667. The molecule has 3 nitrogen and oxygen atoms in total. The average Bonchev–Trinajstić information content (AvgIpc) is 2.53. The molecular weight excluding hydrogens is 258 g/mol. The van der Waals surface area contributed by atoms with Gasteiger partial charge in [0, 0.05) is 37.8 Å². The lowest BCUT2D eigenvalue weighted by Crippen LogP contribution is -2.59. The molecule has 1 aromatic carbocycles. The van der Waals surface area contributed by atoms with Crippen LogP contribution in [0.5, 0.6) is 0 Å². The molecule has 2 fully saturated rings. The van der Waals surface area contributed by atoms with Gasteiger partial charge in [-0.1, -0.05) is 36.8 Å². The molecule has 0 amide bonds. The Hall–Kier alpha value is -0.900. The predicted molar refractivity (Wildman–Crippen MR) is 88.5 cm³/mol. The Morgan fingerprint density at radius 3 is 2.76 bits per heavy atom. The van der Waals surface area contributed by atoms with E-state index in [2.05, 4.69) is 59.4 Å². The van der Waals surface area contributed by atoms with Gasteiger partial charge in [-0.3, -0.25) is 9.80 Å². The second-order valence-electron chi connectivity index (χ2n) is 6.70. The van der Waals surface area contributed by atoms with Gasteiger partial charge in [0.2, 0.25) is 0 Å². The number of nitrogens with zero attached hydrogens (tertiary/aromatic N) is 2. The average molecular weight is 287 g/mol. The fourth-order valence-corrected chi connectivity index (χ4v) is 3.95. The molecule has 0 bridgehead atoms. The summed E-state index contributed by atoms with van der Waals surface area (Å²) in [6, 6.07) is 12.8. The van der Waals surface area contributed by atoms with Crippen LogP contribution in [-0.4, -0.2) is 55.1 Å². The quantitative estimate of drug-likeness (QED) is 0.918. The molecule has 2 saturated heterocycles. The van der Waals surface area contributed by atoms with Gasteiger partial charge in [-0.15, -0.1) is 0 Å². The van der Waals surface area contributed by atoms with E-state index in [4.69, 9.17) is 0 Å². The minimum Gasteiger partial charge on any atom is -0.312 e. The van der Waals surface area contributed by atoms with Crippen LogP contribution in [0.1, 0.15) is 37.8 Å². The first-order valence-electron chi connectivity index (χ1n) is 8.48. The molecule has 0 radical (unpaired) electrons. The molecule has 1 N–H and O–H groups in total. The van der Waals surface area contributed by atoms with Crippen molar-refractivity contribution in [1.29, 1.82) is 0 Å². The topological polar surface area (TPSA) is 18.5 Å². The van der Waals surface area contributed by atoms with Crippen molar-refractivity contribution in [1.82, 2.24) is 15.1 Å². The highest BCUT2D eigenvalue weighted by Gasteiger charge is 2.33. The van der Waals surface area contributed by atoms with Gasteiger partial charge >= 0.3 is 0 Å². The molecule has 3 atom stereocenters. The van der Waals surface area contributed by atoms with E-state index in [-0.39, 0.29) is 0 Å². The summed E-state index contributed by atoms with van der Waals surface area (Å²) in [6.45, 7) is 7.31. The lowest BCUT2D eigenvalue weighted by atomic mass is 9.96. The molecule has 0 aromatic heterocycles. The van der Waals surface area contributed by atoms with Crippen molar-refractivity contribution in [2.24, 2.45) is 0 Å². The van der Waals surface area contributed by atoms with Crippen LogP contribution >= 0.6 is 0 Å². The summed E-state index contributed by atoms with van der Waals surface area (Å²) in [7, 11) is 2.08. The maximum atomic E-state index is 3.50. The monoisotopic (exact) mass is 287 g/mol. The number of piperidine rings is 1. The van der Waals surface area contributed by atoms with E-state index in [1.54, 1.807) is 0 Å². The molecule has 1 aromatic rings. The first kappa shape index (κ1) is 15.0. The highest BCUT2D eigenvalue weighted by atomic mass is 15.3. The molecule has 3 unspecified atom stereocenters. The van der Waals surface area contributed by atoms with Crippen LogP contribution in [-0.2, 0) is 0 Å². The van der Waals surface area contributed by atoms with Gasteiger partial charge in [-0.2, -0.15) is 0 Å². The molecule has 3 rings (SSSR count). The highest BCUT2D eigenvalue weighted by molar-refractivity contribution is 5.19. The smallest absolute Gasteiger partial charge is 0.0447 e. The predicted octanol–water partition coefficient (Wildman–Crippen LogP) is 2.51. The highest BCUT2D eigenvalue weighted by Crippen LogP contribution is 2.25. The zero-order valence-electron chi connectivity index (χ0n) is 13.5. The summed E-state index contributed by atoms with van der Waals surface area (Å²) in [5.74, 6) is 0. The largest absolute Gasteiger partial charge is 0.312 e. The fourth-order valence-electron chi connectivity index (χ4n) is 3.95. The van der Waals surface area contributed by atoms with Crippen molar-refractivity contribution in [2.45, 2.75) is 44.3 Å². The van der Waals surface area contributed by atoms with E-state index in [9.17, 15) is 0 Å². The van der Waals surface area contributed by atoms with Gasteiger partial charge in [0.15, 0.2) is 0 Å². The van der Waals surface area contributed by atoms with Crippen LogP contribution < -0.4 is 5.32 Å². The summed E-state index contributed by atoms with van der Waals surface area (Å²) in [6.07, 6.45) is 4.20. The molecule has 2 heterocycles. The molecule has 0 aliphatic carbocycles. The van der Waals surface area contributed by atoms with E-state index in [1.165, 1.54) is 44.5 Å². The molecule has 0 saturated carbocycles. The normalized spacial score (nSPS) is 29.0. The summed E-state index contributed by atoms with van der Waals surface area (Å²) >= 11 is 0. The number of hydrogen-bond acceptors (Lipinski definition) is 3. The Morgan fingerprint density at radius 1 is 1.19 bits per heavy atom. The number of likely N-dealkylation sites (N-methyl/N-ethyl adjacent to an activating group) is 1. The molecule has 3 heteroatoms. The van der Waals surface area contributed by atoms with Gasteiger partial charge in [-0.05, 0) is 38.9 Å². The second kappa shape index (κ2) is 6.91. The van der Waals surface area contributed by atoms with Crippen LogP contribution in [0, 0.1) is 0 Å². The number of benzene rings is 1. The van der Waals surface area contributed by atoms with Gasteiger partial charge in [0.05, 0.1) is 0 Å². The Bertz CT molecular complexity index is 433. The van der Waals surface area contributed by atoms with Crippen LogP contribution in [0.15, 0.2) is 30.3 Å². The van der Waals surface area contributed by atoms with Crippen LogP contribution in [0.25, 0.3) is 0 Å². The second-order valence-corrected chi connectivity index (χ2v) is 6.70. The zero-order chi connectivity index (χ0) is 14.7. The molecule has 0 spiro atoms. The van der Waals surface area contributed by atoms with Gasteiger partial charge in [0.25, 0.3) is 0 Å². The zero-order valence-corrected chi connectivity index (χ0v) is 13.5. The minimum absolute atomic E-state index is 0.434. The van der Waals surface area contributed by atoms with Crippen LogP contribution in [0.3, 0.4) is 0 Å². The third-order valence-corrected chi connectivity index (χ3v) is 5.28. The van der Waals surface area contributed by atoms with E-state index < -0.39 is 0 Å². The lowest BCUT2D eigenvalue weighted by Gasteiger charge is -2.48. The molecule has 2 aliphatic rings. The van der Waals surface area contributed by atoms with Crippen LogP contribution in [0.2, 0.25) is 0 Å². The van der Waals surface area contributed by atoms with Crippen molar-refractivity contribution in [3.63, 3.8) is 0 Å². The molecular formula is C18H29N3. The summed E-state index contributed by atoms with van der Waals surface area (Å²) in [5, 5.41) is 3.50. The van der Waals surface area contributed by atoms with Crippen molar-refractivity contribution >= 4 is 0 Å². The summed E-state index contributed by atoms with van der Waals surface area (Å²) in [5.41, 5.74) is 1.40. The lowest BCUT2D eigenvalue weighted by molar-refractivity contribution is 0.0110. The number of piperazine rings is 1. The van der Waals surface area contributed by atoms with Crippen molar-refractivity contribution < 1.29 is 0 Å². The Labute approximate surface area is 129 Å². The maximum absolute atomic E-state index is 3.50. The maximum Gasteiger partial charge on any atom is 0.0447 e. The summed E-state index contributed by atoms with van der Waals surface area (Å²) < 4.78 is 0. The van der Waals surface area contributed by atoms with E-state index >= 15 is 0 Å². The van der Waals surface area contributed by atoms with Crippen molar-refractivity contribution in [2.75, 3.05) is 33.2 Å². The molecule has 21 heavy (non-hydrogen) atoms. The third kappa shape index (κ3) is 3.47. The van der Waals surface area contributed by atoms with Gasteiger partial charge in [0.1, 0.15) is 0 Å². The summed E-state index contributed by atoms with van der Waals surface area (Å²) in [4.78, 5) is 5.42. The first-order chi connectivity index (χ1) is 10.3. The third-order valence-electron chi connectivity index (χ3n) is 5.28. The van der Waals surface area contributed by atoms with E-state index in [0.717, 1.165) is 12.6 Å². The van der Waals surface area contributed by atoms with Gasteiger partial charge in [-0.25, -0.2) is 0 Å². The van der Waals surface area contributed by atoms with E-state index in [0.29, 0.717) is 12.1 Å². The van der Waals surface area contributed by atoms with Crippen LogP contribution in [0.4, 0.5) is 0 Å². The Morgan fingerprint density at radius 2 is 2.00 bits per heavy atom. The standard InChI is InChI=1S/C18H29N3/c1-15-12-20-11-7-6-10-17(20)13-21(15)14-18(19-2)16-8-4-3-5-9-16/h3-5,8-9,15,17-19H,6-7,10-14H2,1-2H3. The number of hydrogen-bond donors (Lipinski definition) is 1.